The van der Waals surface area contributed by atoms with Gasteiger partial charge in [0.25, 0.3) is 0 Å². The Bertz CT molecular complexity index is 548. The Labute approximate surface area is 91.5 Å². The molecule has 0 aliphatic carbocycles. The van der Waals surface area contributed by atoms with Crippen LogP contribution in [0, 0.1) is 5.82 Å². The number of aromatic nitrogens is 2. The summed E-state index contributed by atoms with van der Waals surface area (Å²) in [6.45, 7) is 0. The highest BCUT2D eigenvalue weighted by Crippen LogP contribution is 2.18. The van der Waals surface area contributed by atoms with Gasteiger partial charge in [0.15, 0.2) is 5.82 Å². The average Bonchev–Trinajstić information content (AvgIpc) is 2.68. The van der Waals surface area contributed by atoms with Gasteiger partial charge in [-0.1, -0.05) is 6.07 Å². The Kier molecular flexibility index (Phi) is 2.44. The van der Waals surface area contributed by atoms with Crippen LogP contribution in [0.1, 0.15) is 16.2 Å². The number of rotatable bonds is 2. The molecule has 0 radical (unpaired) electrons. The van der Waals surface area contributed by atoms with Crippen LogP contribution in [-0.2, 0) is 7.05 Å². The molecule has 1 heterocycles. The van der Waals surface area contributed by atoms with Gasteiger partial charge in [0.1, 0.15) is 5.82 Å². The summed E-state index contributed by atoms with van der Waals surface area (Å²) in [7, 11) is 1.69. The number of halogens is 1. The van der Waals surface area contributed by atoms with Crippen molar-refractivity contribution in [3.05, 3.63) is 47.8 Å². The third kappa shape index (κ3) is 1.56. The predicted octanol–water partition coefficient (Wildman–Crippen LogP) is 1.37. The Morgan fingerprint density at radius 1 is 1.50 bits per heavy atom. The lowest BCUT2D eigenvalue weighted by Crippen LogP contribution is -2.11. The molecule has 16 heavy (non-hydrogen) atoms. The largest absolute Gasteiger partial charge is 0.396 e. The zero-order chi connectivity index (χ0) is 11.7. The molecule has 2 aromatic rings. The molecule has 2 rings (SSSR count). The van der Waals surface area contributed by atoms with Crippen molar-refractivity contribution < 1.29 is 9.18 Å². The van der Waals surface area contributed by atoms with Crippen LogP contribution in [0.4, 0.5) is 10.1 Å². The van der Waals surface area contributed by atoms with Gasteiger partial charge >= 0.3 is 0 Å². The first-order valence-electron chi connectivity index (χ1n) is 4.67. The van der Waals surface area contributed by atoms with E-state index in [2.05, 4.69) is 4.98 Å². The minimum Gasteiger partial charge on any atom is -0.396 e. The van der Waals surface area contributed by atoms with Crippen LogP contribution in [0.5, 0.6) is 0 Å². The summed E-state index contributed by atoms with van der Waals surface area (Å²) in [6.07, 6.45) is 3.14. The fourth-order valence-corrected chi connectivity index (χ4v) is 1.44. The van der Waals surface area contributed by atoms with Crippen molar-refractivity contribution in [1.29, 1.82) is 0 Å². The fraction of sp³-hybridized carbons (Fsp3) is 0.0909. The number of nitrogen functional groups attached to an aromatic ring is 1. The maximum Gasteiger partial charge on any atom is 0.230 e. The molecule has 2 N–H and O–H groups in total. The first-order chi connectivity index (χ1) is 7.61. The topological polar surface area (TPSA) is 60.9 Å². The van der Waals surface area contributed by atoms with Crippen molar-refractivity contribution in [2.45, 2.75) is 0 Å². The number of hydrogen-bond donors (Lipinski definition) is 1. The van der Waals surface area contributed by atoms with E-state index in [0.29, 0.717) is 0 Å². The second-order valence-electron chi connectivity index (χ2n) is 3.39. The molecular formula is C11H10FN3O. The van der Waals surface area contributed by atoms with Gasteiger partial charge in [-0.3, -0.25) is 4.79 Å². The molecule has 0 amide bonds. The minimum atomic E-state index is -0.597. The van der Waals surface area contributed by atoms with Crippen LogP contribution in [-0.4, -0.2) is 15.3 Å². The summed E-state index contributed by atoms with van der Waals surface area (Å²) < 4.78 is 14.7. The molecule has 1 aromatic carbocycles. The third-order valence-electron chi connectivity index (χ3n) is 2.32. The SMILES string of the molecule is Cn1ccnc1C(=O)c1cccc(F)c1N. The smallest absolute Gasteiger partial charge is 0.230 e. The van der Waals surface area contributed by atoms with Crippen LogP contribution in [0.3, 0.4) is 0 Å². The van der Waals surface area contributed by atoms with Gasteiger partial charge in [-0.25, -0.2) is 9.37 Å². The molecular weight excluding hydrogens is 209 g/mol. The number of benzene rings is 1. The summed E-state index contributed by atoms with van der Waals surface area (Å²) in [4.78, 5) is 15.9. The number of carbonyl (C=O) groups is 1. The normalized spacial score (nSPS) is 10.4. The predicted molar refractivity (Wildman–Crippen MR) is 57.5 cm³/mol. The molecule has 0 saturated carbocycles. The van der Waals surface area contributed by atoms with Crippen LogP contribution < -0.4 is 5.73 Å². The molecule has 1 aromatic heterocycles. The lowest BCUT2D eigenvalue weighted by Gasteiger charge is -2.05. The summed E-state index contributed by atoms with van der Waals surface area (Å²) in [5.74, 6) is -0.748. The number of nitrogens with zero attached hydrogens (tertiary/aromatic N) is 2. The van der Waals surface area contributed by atoms with E-state index >= 15 is 0 Å². The van der Waals surface area contributed by atoms with E-state index < -0.39 is 5.82 Å². The number of nitrogens with two attached hydrogens (primary N) is 1. The third-order valence-corrected chi connectivity index (χ3v) is 2.32. The van der Waals surface area contributed by atoms with Gasteiger partial charge in [-0.15, -0.1) is 0 Å². The van der Waals surface area contributed by atoms with Crippen LogP contribution in [0.15, 0.2) is 30.6 Å². The van der Waals surface area contributed by atoms with Gasteiger partial charge in [0.05, 0.1) is 11.3 Å². The van der Waals surface area contributed by atoms with E-state index in [-0.39, 0.29) is 22.9 Å². The Hall–Kier alpha value is -2.17. The molecule has 0 atom stereocenters. The molecule has 0 aliphatic heterocycles. The van der Waals surface area contributed by atoms with Crippen molar-refractivity contribution >= 4 is 11.5 Å². The molecule has 0 saturated heterocycles. The molecule has 0 bridgehead atoms. The van der Waals surface area contributed by atoms with Gasteiger partial charge in [0.2, 0.25) is 5.78 Å². The van der Waals surface area contributed by atoms with Crippen molar-refractivity contribution in [3.8, 4) is 0 Å². The average molecular weight is 219 g/mol. The summed E-state index contributed by atoms with van der Waals surface area (Å²) in [6, 6.07) is 4.14. The maximum atomic E-state index is 13.2. The number of ketones is 1. The highest BCUT2D eigenvalue weighted by molar-refractivity contribution is 6.10. The highest BCUT2D eigenvalue weighted by atomic mass is 19.1. The van der Waals surface area contributed by atoms with E-state index in [9.17, 15) is 9.18 Å². The lowest BCUT2D eigenvalue weighted by molar-refractivity contribution is 0.102. The summed E-state index contributed by atoms with van der Waals surface area (Å²) in [5, 5.41) is 0. The highest BCUT2D eigenvalue weighted by Gasteiger charge is 2.17. The first kappa shape index (κ1) is 10.4. The Morgan fingerprint density at radius 3 is 2.88 bits per heavy atom. The molecule has 4 nitrogen and oxygen atoms in total. The van der Waals surface area contributed by atoms with E-state index in [0.717, 1.165) is 0 Å². The van der Waals surface area contributed by atoms with Crippen LogP contribution in [0.2, 0.25) is 0 Å². The minimum absolute atomic E-state index is 0.134. The molecule has 0 spiro atoms. The van der Waals surface area contributed by atoms with E-state index in [1.165, 1.54) is 24.4 Å². The number of aryl methyl sites for hydroxylation is 1. The Morgan fingerprint density at radius 2 is 2.25 bits per heavy atom. The van der Waals surface area contributed by atoms with Crippen molar-refractivity contribution in [2.75, 3.05) is 5.73 Å². The molecule has 0 fully saturated rings. The summed E-state index contributed by atoms with van der Waals surface area (Å²) >= 11 is 0. The second-order valence-corrected chi connectivity index (χ2v) is 3.39. The maximum absolute atomic E-state index is 13.2. The van der Waals surface area contributed by atoms with Gasteiger partial charge in [-0.2, -0.15) is 0 Å². The first-order valence-corrected chi connectivity index (χ1v) is 4.67. The molecule has 0 unspecified atom stereocenters. The number of hydrogen-bond acceptors (Lipinski definition) is 3. The van der Waals surface area contributed by atoms with E-state index in [1.807, 2.05) is 0 Å². The van der Waals surface area contributed by atoms with E-state index in [1.54, 1.807) is 17.8 Å². The zero-order valence-corrected chi connectivity index (χ0v) is 8.64. The molecule has 82 valence electrons. The molecule has 0 aliphatic rings. The second kappa shape index (κ2) is 3.77. The van der Waals surface area contributed by atoms with Crippen molar-refractivity contribution in [1.82, 2.24) is 9.55 Å². The van der Waals surface area contributed by atoms with Gasteiger partial charge < -0.3 is 10.3 Å². The van der Waals surface area contributed by atoms with Crippen molar-refractivity contribution in [2.24, 2.45) is 7.05 Å². The summed E-state index contributed by atoms with van der Waals surface area (Å²) in [5.41, 5.74) is 5.50. The molecule has 5 heteroatoms. The van der Waals surface area contributed by atoms with Crippen molar-refractivity contribution in [3.63, 3.8) is 0 Å². The van der Waals surface area contributed by atoms with Crippen LogP contribution in [0.25, 0.3) is 0 Å². The quantitative estimate of drug-likeness (QED) is 0.613. The van der Waals surface area contributed by atoms with Gasteiger partial charge in [0, 0.05) is 19.4 Å². The fourth-order valence-electron chi connectivity index (χ4n) is 1.44. The van der Waals surface area contributed by atoms with Crippen LogP contribution >= 0.6 is 0 Å². The number of para-hydroxylation sites is 1. The van der Waals surface area contributed by atoms with E-state index in [4.69, 9.17) is 5.73 Å². The van der Waals surface area contributed by atoms with Gasteiger partial charge in [-0.05, 0) is 12.1 Å². The number of anilines is 1. The zero-order valence-electron chi connectivity index (χ0n) is 8.64. The Balaban J connectivity index is 2.50. The monoisotopic (exact) mass is 219 g/mol. The number of imidazole rings is 1. The lowest BCUT2D eigenvalue weighted by atomic mass is 10.1. The standard InChI is InChI=1S/C11H10FN3O/c1-15-6-5-14-11(15)10(16)7-3-2-4-8(12)9(7)13/h2-6H,13H2,1H3. The number of carbonyl (C=O) groups excluding carboxylic acids is 1.